The highest BCUT2D eigenvalue weighted by Crippen LogP contribution is 2.25. The highest BCUT2D eigenvalue weighted by Gasteiger charge is 2.18. The van der Waals surface area contributed by atoms with Crippen LogP contribution in [0, 0.1) is 11.3 Å². The predicted molar refractivity (Wildman–Crippen MR) is 81.3 cm³/mol. The average Bonchev–Trinajstić information content (AvgIpc) is 2.46. The molecule has 0 spiro atoms. The van der Waals surface area contributed by atoms with Crippen molar-refractivity contribution >= 4 is 27.3 Å². The molecule has 0 fully saturated rings. The van der Waals surface area contributed by atoms with Gasteiger partial charge in [-0.2, -0.15) is 5.26 Å². The van der Waals surface area contributed by atoms with Crippen molar-refractivity contribution in [2.24, 2.45) is 5.73 Å². The summed E-state index contributed by atoms with van der Waals surface area (Å²) in [6.45, 7) is 0.313. The molecule has 2 rings (SSSR count). The average molecular weight is 322 g/mol. The van der Waals surface area contributed by atoms with Crippen molar-refractivity contribution in [3.63, 3.8) is 0 Å². The first-order valence-electron chi connectivity index (χ1n) is 5.98. The van der Waals surface area contributed by atoms with Crippen molar-refractivity contribution in [2.45, 2.75) is 11.4 Å². The second kappa shape index (κ2) is 6.14. The zero-order valence-corrected chi connectivity index (χ0v) is 12.4. The summed E-state index contributed by atoms with van der Waals surface area (Å²) < 4.78 is 27.1. The molecule has 0 unspecified atom stereocenters. The van der Waals surface area contributed by atoms with Gasteiger partial charge >= 0.3 is 0 Å². The summed E-state index contributed by atoms with van der Waals surface area (Å²) in [5, 5.41) is 8.76. The molecule has 0 aliphatic heterocycles. The summed E-state index contributed by atoms with van der Waals surface area (Å²) in [7, 11) is -3.83. The van der Waals surface area contributed by atoms with Gasteiger partial charge in [0.25, 0.3) is 10.0 Å². The lowest BCUT2D eigenvalue weighted by molar-refractivity contribution is 0.601. The van der Waals surface area contributed by atoms with Crippen LogP contribution in [0.15, 0.2) is 47.4 Å². The van der Waals surface area contributed by atoms with Crippen LogP contribution >= 0.6 is 11.6 Å². The lowest BCUT2D eigenvalue weighted by Gasteiger charge is -2.10. The van der Waals surface area contributed by atoms with Gasteiger partial charge in [0.05, 0.1) is 16.7 Å². The first kappa shape index (κ1) is 15.3. The van der Waals surface area contributed by atoms with E-state index < -0.39 is 10.0 Å². The fourth-order valence-electron chi connectivity index (χ4n) is 1.76. The molecule has 0 saturated carbocycles. The number of hydrogen-bond donors (Lipinski definition) is 2. The number of hydrogen-bond acceptors (Lipinski definition) is 4. The quantitative estimate of drug-likeness (QED) is 0.904. The molecule has 0 aliphatic carbocycles. The van der Waals surface area contributed by atoms with Crippen molar-refractivity contribution in [1.29, 1.82) is 5.26 Å². The molecule has 0 heterocycles. The summed E-state index contributed by atoms with van der Waals surface area (Å²) in [4.78, 5) is -0.0821. The SMILES string of the molecule is N#Cc1ccc(S(=O)(=O)Nc2cccc(CN)c2)c(Cl)c1. The van der Waals surface area contributed by atoms with Crippen LogP contribution in [0.4, 0.5) is 5.69 Å². The Hall–Kier alpha value is -2.07. The summed E-state index contributed by atoms with van der Waals surface area (Å²) in [6.07, 6.45) is 0. The Kier molecular flexibility index (Phi) is 4.48. The van der Waals surface area contributed by atoms with Gasteiger partial charge < -0.3 is 5.73 Å². The van der Waals surface area contributed by atoms with Gasteiger partial charge in [-0.05, 0) is 35.9 Å². The Bertz CT molecular complexity index is 813. The van der Waals surface area contributed by atoms with E-state index in [9.17, 15) is 8.42 Å². The summed E-state index contributed by atoms with van der Waals surface area (Å²) in [6, 6.07) is 12.7. The summed E-state index contributed by atoms with van der Waals surface area (Å²) >= 11 is 5.93. The van der Waals surface area contributed by atoms with Crippen molar-refractivity contribution in [1.82, 2.24) is 0 Å². The van der Waals surface area contributed by atoms with Gasteiger partial charge in [-0.25, -0.2) is 8.42 Å². The molecule has 2 aromatic rings. The Labute approximate surface area is 128 Å². The zero-order chi connectivity index (χ0) is 15.5. The van der Waals surface area contributed by atoms with Gasteiger partial charge in [0, 0.05) is 12.2 Å². The third kappa shape index (κ3) is 3.52. The van der Waals surface area contributed by atoms with Gasteiger partial charge in [0.1, 0.15) is 4.90 Å². The molecule has 0 bridgehead atoms. The maximum atomic E-state index is 12.3. The summed E-state index contributed by atoms with van der Waals surface area (Å²) in [5.41, 5.74) is 7.02. The first-order valence-corrected chi connectivity index (χ1v) is 7.84. The van der Waals surface area contributed by atoms with E-state index >= 15 is 0 Å². The normalized spacial score (nSPS) is 10.9. The molecule has 5 nitrogen and oxygen atoms in total. The maximum Gasteiger partial charge on any atom is 0.263 e. The Morgan fingerprint density at radius 1 is 1.24 bits per heavy atom. The van der Waals surface area contributed by atoms with Gasteiger partial charge in [-0.15, -0.1) is 0 Å². The number of benzene rings is 2. The minimum Gasteiger partial charge on any atom is -0.326 e. The fourth-order valence-corrected chi connectivity index (χ4v) is 3.36. The number of halogens is 1. The minimum absolute atomic E-state index is 0.00321. The van der Waals surface area contributed by atoms with E-state index in [-0.39, 0.29) is 9.92 Å². The van der Waals surface area contributed by atoms with E-state index in [1.807, 2.05) is 6.07 Å². The van der Waals surface area contributed by atoms with Gasteiger partial charge in [-0.1, -0.05) is 23.7 Å². The largest absolute Gasteiger partial charge is 0.326 e. The second-order valence-corrected chi connectivity index (χ2v) is 6.33. The lowest BCUT2D eigenvalue weighted by Crippen LogP contribution is -2.14. The number of rotatable bonds is 4. The Morgan fingerprint density at radius 3 is 2.62 bits per heavy atom. The Morgan fingerprint density at radius 2 is 2.00 bits per heavy atom. The predicted octanol–water partition coefficient (Wildman–Crippen LogP) is 2.47. The van der Waals surface area contributed by atoms with E-state index in [4.69, 9.17) is 22.6 Å². The lowest BCUT2D eigenvalue weighted by atomic mass is 10.2. The topological polar surface area (TPSA) is 96.0 Å². The molecular formula is C14H12ClN3O2S. The molecule has 0 radical (unpaired) electrons. The van der Waals surface area contributed by atoms with E-state index in [0.717, 1.165) is 5.56 Å². The molecular weight excluding hydrogens is 310 g/mol. The van der Waals surface area contributed by atoms with Crippen LogP contribution in [0.2, 0.25) is 5.02 Å². The van der Waals surface area contributed by atoms with E-state index in [1.165, 1.54) is 18.2 Å². The highest BCUT2D eigenvalue weighted by molar-refractivity contribution is 7.92. The van der Waals surface area contributed by atoms with Crippen LogP contribution in [0.5, 0.6) is 0 Å². The zero-order valence-electron chi connectivity index (χ0n) is 10.9. The third-order valence-electron chi connectivity index (χ3n) is 2.77. The molecule has 0 saturated heterocycles. The number of nitrogens with one attached hydrogen (secondary N) is 1. The van der Waals surface area contributed by atoms with Gasteiger partial charge in [0.2, 0.25) is 0 Å². The number of nitrogens with zero attached hydrogens (tertiary/aromatic N) is 1. The standard InChI is InChI=1S/C14H12ClN3O2S/c15-13-7-11(9-17)4-5-14(13)21(19,20)18-12-3-1-2-10(6-12)8-16/h1-7,18H,8,16H2. The second-order valence-electron chi connectivity index (χ2n) is 4.27. The van der Waals surface area contributed by atoms with Crippen molar-refractivity contribution in [2.75, 3.05) is 4.72 Å². The summed E-state index contributed by atoms with van der Waals surface area (Å²) in [5.74, 6) is 0. The monoisotopic (exact) mass is 321 g/mol. The fraction of sp³-hybridized carbons (Fsp3) is 0.0714. The number of anilines is 1. The number of nitrogens with two attached hydrogens (primary N) is 1. The van der Waals surface area contributed by atoms with Crippen LogP contribution in [-0.2, 0) is 16.6 Å². The molecule has 0 amide bonds. The highest BCUT2D eigenvalue weighted by atomic mass is 35.5. The number of sulfonamides is 1. The molecule has 2 aromatic carbocycles. The molecule has 3 N–H and O–H groups in total. The Balaban J connectivity index is 2.36. The van der Waals surface area contributed by atoms with Crippen molar-refractivity contribution < 1.29 is 8.42 Å². The number of nitriles is 1. The smallest absolute Gasteiger partial charge is 0.263 e. The molecule has 108 valence electrons. The van der Waals surface area contributed by atoms with Gasteiger partial charge in [0.15, 0.2) is 0 Å². The third-order valence-corrected chi connectivity index (χ3v) is 4.63. The van der Waals surface area contributed by atoms with Crippen molar-refractivity contribution in [3.8, 4) is 6.07 Å². The van der Waals surface area contributed by atoms with E-state index in [2.05, 4.69) is 4.72 Å². The van der Waals surface area contributed by atoms with Crippen LogP contribution in [0.1, 0.15) is 11.1 Å². The van der Waals surface area contributed by atoms with E-state index in [0.29, 0.717) is 17.8 Å². The minimum atomic E-state index is -3.83. The molecule has 21 heavy (non-hydrogen) atoms. The van der Waals surface area contributed by atoms with Crippen LogP contribution in [0.25, 0.3) is 0 Å². The maximum absolute atomic E-state index is 12.3. The molecule has 0 aromatic heterocycles. The van der Waals surface area contributed by atoms with E-state index in [1.54, 1.807) is 24.3 Å². The van der Waals surface area contributed by atoms with Crippen LogP contribution in [0.3, 0.4) is 0 Å². The molecule has 0 atom stereocenters. The van der Waals surface area contributed by atoms with Crippen LogP contribution < -0.4 is 10.5 Å². The molecule has 7 heteroatoms. The molecule has 0 aliphatic rings. The van der Waals surface area contributed by atoms with Gasteiger partial charge in [-0.3, -0.25) is 4.72 Å². The van der Waals surface area contributed by atoms with Crippen LogP contribution in [-0.4, -0.2) is 8.42 Å². The van der Waals surface area contributed by atoms with Crippen molar-refractivity contribution in [3.05, 3.63) is 58.6 Å². The first-order chi connectivity index (χ1) is 9.96.